The minimum Gasteiger partial charge on any atom is -0.362 e. The number of carbonyl (C=O) groups is 2. The molecule has 0 saturated heterocycles. The lowest BCUT2D eigenvalue weighted by molar-refractivity contribution is -0.118. The fourth-order valence-electron chi connectivity index (χ4n) is 5.32. The number of rotatable bonds is 11. The van der Waals surface area contributed by atoms with Crippen LogP contribution in [0, 0.1) is 5.92 Å². The summed E-state index contributed by atoms with van der Waals surface area (Å²) >= 11 is 7.31. The Morgan fingerprint density at radius 3 is 2.35 bits per heavy atom. The number of benzene rings is 3. The van der Waals surface area contributed by atoms with Gasteiger partial charge < -0.3 is 20.9 Å². The van der Waals surface area contributed by atoms with E-state index >= 15 is 0 Å². The highest BCUT2D eigenvalue weighted by Gasteiger charge is 2.25. The van der Waals surface area contributed by atoms with Crippen molar-refractivity contribution in [2.24, 2.45) is 5.92 Å². The molecule has 1 saturated carbocycles. The van der Waals surface area contributed by atoms with Crippen LogP contribution in [0.25, 0.3) is 10.9 Å². The first kappa shape index (κ1) is 30.6. The van der Waals surface area contributed by atoms with E-state index in [0.29, 0.717) is 35.2 Å². The van der Waals surface area contributed by atoms with E-state index in [1.54, 1.807) is 24.3 Å². The van der Waals surface area contributed by atoms with Crippen LogP contribution >= 0.6 is 23.4 Å². The van der Waals surface area contributed by atoms with Gasteiger partial charge in [-0.3, -0.25) is 9.59 Å². The molecule has 8 nitrogen and oxygen atoms in total. The number of nitrogens with zero attached hydrogens (tertiary/aromatic N) is 3. The van der Waals surface area contributed by atoms with Gasteiger partial charge in [-0.05, 0) is 73.6 Å². The molecule has 0 aliphatic heterocycles. The van der Waals surface area contributed by atoms with Crippen molar-refractivity contribution >= 4 is 63.5 Å². The summed E-state index contributed by atoms with van der Waals surface area (Å²) in [4.78, 5) is 37.5. The Balaban J connectivity index is 1.09. The average Bonchev–Trinajstić information content (AvgIpc) is 3.02. The minimum absolute atomic E-state index is 0.0637. The zero-order valence-corrected chi connectivity index (χ0v) is 26.0. The molecule has 1 aromatic heterocycles. The number of carbonyl (C=O) groups excluding carboxylic acids is 2. The van der Waals surface area contributed by atoms with Crippen molar-refractivity contribution in [3.05, 3.63) is 89.4 Å². The Kier molecular flexibility index (Phi) is 10.4. The first-order chi connectivity index (χ1) is 20.9. The molecule has 3 aromatic carbocycles. The van der Waals surface area contributed by atoms with Gasteiger partial charge in [-0.2, -0.15) is 4.98 Å². The van der Waals surface area contributed by atoms with Gasteiger partial charge in [0.2, 0.25) is 17.8 Å². The molecule has 1 aliphatic rings. The molecule has 0 bridgehead atoms. The molecule has 1 heterocycles. The Morgan fingerprint density at radius 1 is 0.930 bits per heavy atom. The molecule has 1 unspecified atom stereocenters. The molecule has 224 valence electrons. The third-order valence-electron chi connectivity index (χ3n) is 7.61. The van der Waals surface area contributed by atoms with E-state index in [-0.39, 0.29) is 17.6 Å². The lowest BCUT2D eigenvalue weighted by atomic mass is 9.86. The van der Waals surface area contributed by atoms with Gasteiger partial charge in [-0.15, -0.1) is 11.8 Å². The number of fused-ring (bicyclic) bond motifs is 1. The van der Waals surface area contributed by atoms with Crippen molar-refractivity contribution in [2.45, 2.75) is 37.0 Å². The molecule has 10 heteroatoms. The zero-order valence-electron chi connectivity index (χ0n) is 24.4. The molecule has 1 aliphatic carbocycles. The number of para-hydroxylation sites is 1. The molecule has 2 amide bonds. The summed E-state index contributed by atoms with van der Waals surface area (Å²) in [5.74, 6) is 1.93. The minimum atomic E-state index is -0.519. The van der Waals surface area contributed by atoms with Crippen LogP contribution in [0.1, 0.15) is 36.5 Å². The summed E-state index contributed by atoms with van der Waals surface area (Å²) in [6, 6.07) is 24.9. The van der Waals surface area contributed by atoms with Crippen LogP contribution in [0.2, 0.25) is 5.02 Å². The number of amides is 2. The quantitative estimate of drug-likeness (QED) is 0.176. The third-order valence-corrected chi connectivity index (χ3v) is 9.11. The molecule has 4 aromatic rings. The van der Waals surface area contributed by atoms with Crippen LogP contribution in [0.5, 0.6) is 0 Å². The number of hydrogen-bond acceptors (Lipinski definition) is 7. The summed E-state index contributed by atoms with van der Waals surface area (Å²) in [6.45, 7) is 0.635. The van der Waals surface area contributed by atoms with E-state index in [0.717, 1.165) is 48.0 Å². The summed E-state index contributed by atoms with van der Waals surface area (Å²) in [6.07, 6.45) is 4.00. The van der Waals surface area contributed by atoms with E-state index < -0.39 is 5.25 Å². The van der Waals surface area contributed by atoms with Gasteiger partial charge in [0, 0.05) is 42.8 Å². The SMILES string of the molecule is CN(C)c1nc(N[C@H]2CC[C@@H](CNC(=O)CSC(C(=O)Nc3ccc(Cl)cc3)c3ccccc3)CC2)nc2ccccc12. The van der Waals surface area contributed by atoms with Crippen LogP contribution in [0.3, 0.4) is 0 Å². The topological polar surface area (TPSA) is 99.3 Å². The summed E-state index contributed by atoms with van der Waals surface area (Å²) in [7, 11) is 3.99. The maximum absolute atomic E-state index is 13.2. The lowest BCUT2D eigenvalue weighted by Crippen LogP contribution is -2.35. The highest BCUT2D eigenvalue weighted by Crippen LogP contribution is 2.31. The standard InChI is InChI=1S/C33H37ClN6O2S/c1-40(2)31-27-10-6-7-11-28(27)38-33(39-31)37-26-16-12-22(13-17-26)20-35-29(41)21-43-30(23-8-4-3-5-9-23)32(42)36-25-18-14-24(34)15-19-25/h3-11,14-15,18-19,22,26,30H,12-13,16-17,20-21H2,1-2H3,(H,35,41)(H,36,42)(H,37,38,39)/t22-,26+,30?. The smallest absolute Gasteiger partial charge is 0.242 e. The number of hydrogen-bond donors (Lipinski definition) is 3. The second-order valence-electron chi connectivity index (χ2n) is 11.0. The molecule has 3 N–H and O–H groups in total. The van der Waals surface area contributed by atoms with Gasteiger partial charge in [-0.1, -0.05) is 54.1 Å². The third kappa shape index (κ3) is 8.39. The normalized spacial score (nSPS) is 17.2. The number of thioether (sulfide) groups is 1. The predicted octanol–water partition coefficient (Wildman–Crippen LogP) is 6.55. The number of anilines is 3. The zero-order chi connectivity index (χ0) is 30.2. The van der Waals surface area contributed by atoms with Gasteiger partial charge in [0.25, 0.3) is 0 Å². The first-order valence-electron chi connectivity index (χ1n) is 14.6. The Labute approximate surface area is 262 Å². The molecular weight excluding hydrogens is 580 g/mol. The van der Waals surface area contributed by atoms with Gasteiger partial charge in [0.05, 0.1) is 11.3 Å². The van der Waals surface area contributed by atoms with Crippen molar-refractivity contribution in [3.8, 4) is 0 Å². The van der Waals surface area contributed by atoms with Gasteiger partial charge in [-0.25, -0.2) is 4.98 Å². The maximum atomic E-state index is 13.2. The van der Waals surface area contributed by atoms with Crippen molar-refractivity contribution in [2.75, 3.05) is 41.9 Å². The Morgan fingerprint density at radius 2 is 1.63 bits per heavy atom. The summed E-state index contributed by atoms with van der Waals surface area (Å²) < 4.78 is 0. The highest BCUT2D eigenvalue weighted by molar-refractivity contribution is 8.00. The van der Waals surface area contributed by atoms with E-state index in [1.165, 1.54) is 11.8 Å². The second kappa shape index (κ2) is 14.6. The molecule has 43 heavy (non-hydrogen) atoms. The van der Waals surface area contributed by atoms with Gasteiger partial charge in [0.1, 0.15) is 11.1 Å². The fourth-order valence-corrected chi connectivity index (χ4v) is 6.43. The summed E-state index contributed by atoms with van der Waals surface area (Å²) in [5, 5.41) is 10.7. The van der Waals surface area contributed by atoms with Crippen molar-refractivity contribution < 1.29 is 9.59 Å². The van der Waals surface area contributed by atoms with Crippen LogP contribution in [-0.4, -0.2) is 54.2 Å². The lowest BCUT2D eigenvalue weighted by Gasteiger charge is -2.29. The van der Waals surface area contributed by atoms with Crippen molar-refractivity contribution in [3.63, 3.8) is 0 Å². The van der Waals surface area contributed by atoms with Crippen molar-refractivity contribution in [1.29, 1.82) is 0 Å². The van der Waals surface area contributed by atoms with Crippen LogP contribution in [0.15, 0.2) is 78.9 Å². The molecular formula is C33H37ClN6O2S. The van der Waals surface area contributed by atoms with Crippen LogP contribution in [-0.2, 0) is 9.59 Å². The first-order valence-corrected chi connectivity index (χ1v) is 16.0. The Bertz CT molecular complexity index is 1530. The van der Waals surface area contributed by atoms with E-state index in [9.17, 15) is 9.59 Å². The van der Waals surface area contributed by atoms with E-state index in [4.69, 9.17) is 21.6 Å². The van der Waals surface area contributed by atoms with Crippen LogP contribution < -0.4 is 20.9 Å². The number of halogens is 1. The van der Waals surface area contributed by atoms with E-state index in [1.807, 2.05) is 73.6 Å². The average molecular weight is 617 g/mol. The largest absolute Gasteiger partial charge is 0.362 e. The van der Waals surface area contributed by atoms with Crippen molar-refractivity contribution in [1.82, 2.24) is 15.3 Å². The second-order valence-corrected chi connectivity index (χ2v) is 12.6. The number of aromatic nitrogens is 2. The molecule has 1 fully saturated rings. The molecule has 0 radical (unpaired) electrons. The van der Waals surface area contributed by atoms with E-state index in [2.05, 4.69) is 16.0 Å². The predicted molar refractivity (Wildman–Crippen MR) is 178 cm³/mol. The molecule has 0 spiro atoms. The number of nitrogens with one attached hydrogen (secondary N) is 3. The van der Waals surface area contributed by atoms with Gasteiger partial charge >= 0.3 is 0 Å². The van der Waals surface area contributed by atoms with Crippen LogP contribution in [0.4, 0.5) is 17.5 Å². The van der Waals surface area contributed by atoms with Gasteiger partial charge in [0.15, 0.2) is 0 Å². The Hall–Kier alpha value is -3.82. The molecule has 1 atom stereocenters. The fraction of sp³-hybridized carbons (Fsp3) is 0.333. The molecule has 5 rings (SSSR count). The summed E-state index contributed by atoms with van der Waals surface area (Å²) in [5.41, 5.74) is 2.44. The highest BCUT2D eigenvalue weighted by atomic mass is 35.5. The monoisotopic (exact) mass is 616 g/mol. The maximum Gasteiger partial charge on any atom is 0.242 e.